The second kappa shape index (κ2) is 7.03. The molecule has 1 aromatic heterocycles. The lowest BCUT2D eigenvalue weighted by molar-refractivity contribution is -0.402. The highest BCUT2D eigenvalue weighted by molar-refractivity contribution is 6.02. The van der Waals surface area contributed by atoms with Gasteiger partial charge in [-0.2, -0.15) is 0 Å². The van der Waals surface area contributed by atoms with E-state index in [9.17, 15) is 19.7 Å². The van der Waals surface area contributed by atoms with Crippen LogP contribution >= 0.6 is 0 Å². The van der Waals surface area contributed by atoms with Crippen molar-refractivity contribution in [2.45, 2.75) is 0 Å². The molecular formula is C15H13N3O5. The molecule has 0 bridgehead atoms. The van der Waals surface area contributed by atoms with Crippen LogP contribution in [-0.2, 0) is 4.79 Å². The van der Waals surface area contributed by atoms with Crippen molar-refractivity contribution < 1.29 is 18.9 Å². The molecule has 0 aliphatic heterocycles. The number of hydrogen-bond acceptors (Lipinski definition) is 5. The number of amides is 2. The van der Waals surface area contributed by atoms with Crippen LogP contribution in [0.5, 0.6) is 0 Å². The summed E-state index contributed by atoms with van der Waals surface area (Å²) < 4.78 is 4.89. The van der Waals surface area contributed by atoms with Crippen LogP contribution in [0.25, 0.3) is 6.08 Å². The van der Waals surface area contributed by atoms with Crippen molar-refractivity contribution in [1.82, 2.24) is 5.32 Å². The van der Waals surface area contributed by atoms with Crippen LogP contribution in [0.1, 0.15) is 16.1 Å². The summed E-state index contributed by atoms with van der Waals surface area (Å²) in [6.45, 7) is 0. The maximum Gasteiger partial charge on any atom is 0.433 e. The molecule has 0 spiro atoms. The van der Waals surface area contributed by atoms with E-state index in [2.05, 4.69) is 10.6 Å². The molecule has 2 aromatic rings. The molecule has 0 aliphatic carbocycles. The van der Waals surface area contributed by atoms with Gasteiger partial charge in [0.1, 0.15) is 10.7 Å². The molecule has 0 aliphatic rings. The van der Waals surface area contributed by atoms with E-state index in [0.717, 1.165) is 0 Å². The van der Waals surface area contributed by atoms with E-state index >= 15 is 0 Å². The van der Waals surface area contributed by atoms with Gasteiger partial charge >= 0.3 is 5.88 Å². The fourth-order valence-corrected chi connectivity index (χ4v) is 1.72. The normalized spacial score (nSPS) is 10.5. The number of carbonyl (C=O) groups is 2. The lowest BCUT2D eigenvalue weighted by atomic mass is 10.2. The van der Waals surface area contributed by atoms with Crippen molar-refractivity contribution in [3.8, 4) is 0 Å². The standard InChI is InChI=1S/C15H13N3O5/c1-16-15(20)10-2-4-11(5-3-10)17-13(19)8-6-12-7-9-14(23-12)18(21)22/h2-9H,1H3,(H,16,20)(H,17,19)/b8-6+. The third-order valence-electron chi connectivity index (χ3n) is 2.83. The van der Waals surface area contributed by atoms with Crippen molar-refractivity contribution in [3.63, 3.8) is 0 Å². The summed E-state index contributed by atoms with van der Waals surface area (Å²) in [7, 11) is 1.53. The minimum Gasteiger partial charge on any atom is -0.401 e. The third-order valence-corrected chi connectivity index (χ3v) is 2.83. The van der Waals surface area contributed by atoms with Gasteiger partial charge in [0, 0.05) is 24.4 Å². The molecule has 0 atom stereocenters. The molecule has 1 heterocycles. The van der Waals surface area contributed by atoms with Crippen LogP contribution in [0.2, 0.25) is 0 Å². The quantitative estimate of drug-likeness (QED) is 0.498. The summed E-state index contributed by atoms with van der Waals surface area (Å²) in [6.07, 6.45) is 2.51. The third kappa shape index (κ3) is 4.27. The average molecular weight is 315 g/mol. The molecule has 2 N–H and O–H groups in total. The van der Waals surface area contributed by atoms with Gasteiger partial charge in [-0.3, -0.25) is 19.7 Å². The minimum atomic E-state index is -0.661. The summed E-state index contributed by atoms with van der Waals surface area (Å²) in [5.74, 6) is -0.851. The number of furan rings is 1. The Morgan fingerprint density at radius 2 is 1.87 bits per heavy atom. The van der Waals surface area contributed by atoms with E-state index in [4.69, 9.17) is 4.42 Å². The molecule has 0 saturated carbocycles. The van der Waals surface area contributed by atoms with Crippen LogP contribution in [0, 0.1) is 10.1 Å². The molecule has 2 amide bonds. The molecule has 118 valence electrons. The first kappa shape index (κ1) is 16.0. The Morgan fingerprint density at radius 1 is 1.17 bits per heavy atom. The zero-order valence-electron chi connectivity index (χ0n) is 12.1. The average Bonchev–Trinajstić information content (AvgIpc) is 3.02. The molecule has 23 heavy (non-hydrogen) atoms. The topological polar surface area (TPSA) is 114 Å². The number of rotatable bonds is 5. The number of hydrogen-bond donors (Lipinski definition) is 2. The van der Waals surface area contributed by atoms with Crippen LogP contribution in [0.4, 0.5) is 11.6 Å². The molecule has 0 radical (unpaired) electrons. The Hall–Kier alpha value is -3.42. The first-order valence-electron chi connectivity index (χ1n) is 6.55. The molecule has 2 rings (SSSR count). The maximum atomic E-state index is 11.7. The fourth-order valence-electron chi connectivity index (χ4n) is 1.72. The smallest absolute Gasteiger partial charge is 0.401 e. The predicted molar refractivity (Wildman–Crippen MR) is 82.9 cm³/mol. The number of anilines is 1. The van der Waals surface area contributed by atoms with Crippen molar-refractivity contribution in [2.75, 3.05) is 12.4 Å². The van der Waals surface area contributed by atoms with Crippen LogP contribution in [0.15, 0.2) is 46.9 Å². The molecule has 0 saturated heterocycles. The van der Waals surface area contributed by atoms with E-state index in [0.29, 0.717) is 11.3 Å². The first-order valence-corrected chi connectivity index (χ1v) is 6.55. The highest BCUT2D eigenvalue weighted by Crippen LogP contribution is 2.16. The summed E-state index contributed by atoms with van der Waals surface area (Å²) in [5.41, 5.74) is 0.988. The largest absolute Gasteiger partial charge is 0.433 e. The van der Waals surface area contributed by atoms with Crippen LogP contribution in [0.3, 0.4) is 0 Å². The Labute approximate surface area is 130 Å². The molecule has 8 heteroatoms. The number of nitrogens with zero attached hydrogens (tertiary/aromatic N) is 1. The van der Waals surface area contributed by atoms with Gasteiger partial charge in [-0.25, -0.2) is 0 Å². The monoisotopic (exact) mass is 315 g/mol. The van der Waals surface area contributed by atoms with Gasteiger partial charge in [-0.1, -0.05) is 0 Å². The second-order valence-electron chi connectivity index (χ2n) is 4.41. The van der Waals surface area contributed by atoms with Gasteiger partial charge in [0.15, 0.2) is 0 Å². The van der Waals surface area contributed by atoms with Crippen molar-refractivity contribution >= 4 is 29.5 Å². The minimum absolute atomic E-state index is 0.196. The summed E-state index contributed by atoms with van der Waals surface area (Å²) in [5, 5.41) is 15.6. The van der Waals surface area contributed by atoms with Crippen molar-refractivity contribution in [2.24, 2.45) is 0 Å². The zero-order chi connectivity index (χ0) is 16.8. The summed E-state index contributed by atoms with van der Waals surface area (Å²) in [6, 6.07) is 8.93. The molecule has 0 fully saturated rings. The van der Waals surface area contributed by atoms with Gasteiger partial charge in [0.25, 0.3) is 5.91 Å². The van der Waals surface area contributed by atoms with Gasteiger partial charge in [-0.15, -0.1) is 0 Å². The van der Waals surface area contributed by atoms with Crippen molar-refractivity contribution in [1.29, 1.82) is 0 Å². The molecule has 8 nitrogen and oxygen atoms in total. The number of nitrogens with one attached hydrogen (secondary N) is 2. The molecular weight excluding hydrogens is 302 g/mol. The Bertz CT molecular complexity index is 762. The van der Waals surface area contributed by atoms with E-state index in [-0.39, 0.29) is 11.7 Å². The number of carbonyl (C=O) groups excluding carboxylic acids is 2. The Kier molecular flexibility index (Phi) is 4.88. The lowest BCUT2D eigenvalue weighted by Gasteiger charge is -2.03. The van der Waals surface area contributed by atoms with Crippen LogP contribution in [-0.4, -0.2) is 23.8 Å². The van der Waals surface area contributed by atoms with Crippen molar-refractivity contribution in [3.05, 3.63) is 63.9 Å². The number of benzene rings is 1. The predicted octanol–water partition coefficient (Wildman–Crippen LogP) is 2.20. The van der Waals surface area contributed by atoms with E-state index in [1.165, 1.54) is 31.3 Å². The van der Waals surface area contributed by atoms with Gasteiger partial charge < -0.3 is 15.1 Å². The Balaban J connectivity index is 1.97. The lowest BCUT2D eigenvalue weighted by Crippen LogP contribution is -2.17. The Morgan fingerprint density at radius 3 is 2.43 bits per heavy atom. The second-order valence-corrected chi connectivity index (χ2v) is 4.41. The molecule has 0 unspecified atom stereocenters. The van der Waals surface area contributed by atoms with Crippen LogP contribution < -0.4 is 10.6 Å². The van der Waals surface area contributed by atoms with Gasteiger partial charge in [-0.05, 0) is 36.4 Å². The van der Waals surface area contributed by atoms with E-state index < -0.39 is 16.7 Å². The SMILES string of the molecule is CNC(=O)c1ccc(NC(=O)/C=C/c2ccc([N+](=O)[O-])o2)cc1. The van der Waals surface area contributed by atoms with E-state index in [1.807, 2.05) is 0 Å². The molecule has 1 aromatic carbocycles. The van der Waals surface area contributed by atoms with E-state index in [1.54, 1.807) is 24.3 Å². The zero-order valence-corrected chi connectivity index (χ0v) is 12.1. The highest BCUT2D eigenvalue weighted by atomic mass is 16.6. The highest BCUT2D eigenvalue weighted by Gasteiger charge is 2.10. The summed E-state index contributed by atoms with van der Waals surface area (Å²) >= 11 is 0. The maximum absolute atomic E-state index is 11.7. The van der Waals surface area contributed by atoms with Gasteiger partial charge in [0.05, 0.1) is 6.07 Å². The fraction of sp³-hybridized carbons (Fsp3) is 0.0667. The summed E-state index contributed by atoms with van der Waals surface area (Å²) in [4.78, 5) is 32.9. The first-order chi connectivity index (χ1) is 11.0. The number of nitro groups is 1. The van der Waals surface area contributed by atoms with Gasteiger partial charge in [0.2, 0.25) is 5.91 Å².